The molecule has 1 saturated heterocycles. The maximum Gasteiger partial charge on any atom is 0.228 e. The van der Waals surface area contributed by atoms with E-state index in [2.05, 4.69) is 45.4 Å². The van der Waals surface area contributed by atoms with Gasteiger partial charge < -0.3 is 15.1 Å². The fourth-order valence-corrected chi connectivity index (χ4v) is 4.17. The molecule has 1 aliphatic rings. The molecule has 1 fully saturated rings. The van der Waals surface area contributed by atoms with Crippen LogP contribution in [0.5, 0.6) is 0 Å². The second-order valence-electron chi connectivity index (χ2n) is 7.98. The van der Waals surface area contributed by atoms with Crippen LogP contribution in [0.3, 0.4) is 0 Å². The van der Waals surface area contributed by atoms with Gasteiger partial charge in [-0.2, -0.15) is 4.98 Å². The van der Waals surface area contributed by atoms with Crippen LogP contribution in [0.4, 0.5) is 21.8 Å². The third-order valence-electron chi connectivity index (χ3n) is 5.90. The maximum absolute atomic E-state index is 14.2. The standard InChI is InChI=1S/C26H26FN5/c27-22-11-5-7-13-24(22)31-16-18-32(19-17-31)26-29-23-12-6-4-10-21(23)25(30-26)28-15-14-20-8-2-1-3-9-20/h1-13H,14-19H2,(H,28,29,30). The van der Waals surface area contributed by atoms with Crippen LogP contribution in [0, 0.1) is 5.82 Å². The highest BCUT2D eigenvalue weighted by Gasteiger charge is 2.22. The van der Waals surface area contributed by atoms with Crippen molar-refractivity contribution in [2.24, 2.45) is 0 Å². The van der Waals surface area contributed by atoms with Gasteiger partial charge in [-0.05, 0) is 36.2 Å². The van der Waals surface area contributed by atoms with Crippen LogP contribution >= 0.6 is 0 Å². The molecule has 0 spiro atoms. The Morgan fingerprint density at radius 3 is 2.25 bits per heavy atom. The van der Waals surface area contributed by atoms with Crippen molar-refractivity contribution in [1.29, 1.82) is 0 Å². The number of halogens is 1. The molecule has 0 aliphatic carbocycles. The van der Waals surface area contributed by atoms with Gasteiger partial charge in [0.15, 0.2) is 0 Å². The molecule has 32 heavy (non-hydrogen) atoms. The van der Waals surface area contributed by atoms with E-state index in [-0.39, 0.29) is 5.82 Å². The van der Waals surface area contributed by atoms with Crippen LogP contribution in [0.1, 0.15) is 5.56 Å². The molecule has 4 aromatic rings. The molecule has 1 aliphatic heterocycles. The summed E-state index contributed by atoms with van der Waals surface area (Å²) in [6.45, 7) is 3.75. The number of para-hydroxylation sites is 2. The van der Waals surface area contributed by atoms with Gasteiger partial charge in [0.05, 0.1) is 11.2 Å². The van der Waals surface area contributed by atoms with Crippen LogP contribution in [0.25, 0.3) is 10.9 Å². The number of nitrogens with zero attached hydrogens (tertiary/aromatic N) is 4. The molecule has 5 nitrogen and oxygen atoms in total. The Hall–Kier alpha value is -3.67. The van der Waals surface area contributed by atoms with E-state index < -0.39 is 0 Å². The summed E-state index contributed by atoms with van der Waals surface area (Å²) < 4.78 is 14.2. The Bertz CT molecular complexity index is 1190. The summed E-state index contributed by atoms with van der Waals surface area (Å²) in [4.78, 5) is 14.0. The molecule has 2 heterocycles. The van der Waals surface area contributed by atoms with Crippen molar-refractivity contribution in [2.75, 3.05) is 47.8 Å². The number of nitrogens with one attached hydrogen (secondary N) is 1. The van der Waals surface area contributed by atoms with Crippen LogP contribution < -0.4 is 15.1 Å². The average Bonchev–Trinajstić information content (AvgIpc) is 2.85. The SMILES string of the molecule is Fc1ccccc1N1CCN(c2nc(NCCc3ccccc3)c3ccccc3n2)CC1. The van der Waals surface area contributed by atoms with E-state index in [0.29, 0.717) is 5.69 Å². The quantitative estimate of drug-likeness (QED) is 0.481. The first-order valence-corrected chi connectivity index (χ1v) is 11.1. The Morgan fingerprint density at radius 1 is 0.750 bits per heavy atom. The predicted octanol–water partition coefficient (Wildman–Crippen LogP) is 4.75. The molecular formula is C26H26FN5. The molecular weight excluding hydrogens is 401 g/mol. The van der Waals surface area contributed by atoms with Crippen LogP contribution in [-0.4, -0.2) is 42.7 Å². The number of aromatic nitrogens is 2. The van der Waals surface area contributed by atoms with Crippen molar-refractivity contribution >= 4 is 28.4 Å². The number of fused-ring (bicyclic) bond motifs is 1. The van der Waals surface area contributed by atoms with Crippen molar-refractivity contribution in [2.45, 2.75) is 6.42 Å². The third kappa shape index (κ3) is 4.35. The molecule has 0 saturated carbocycles. The minimum atomic E-state index is -0.173. The molecule has 0 bridgehead atoms. The van der Waals surface area contributed by atoms with Gasteiger partial charge in [0.2, 0.25) is 5.95 Å². The molecule has 0 atom stereocenters. The van der Waals surface area contributed by atoms with Gasteiger partial charge in [0.1, 0.15) is 11.6 Å². The zero-order chi connectivity index (χ0) is 21.8. The fourth-order valence-electron chi connectivity index (χ4n) is 4.17. The number of hydrogen-bond donors (Lipinski definition) is 1. The van der Waals surface area contributed by atoms with Gasteiger partial charge in [0, 0.05) is 38.1 Å². The highest BCUT2D eigenvalue weighted by atomic mass is 19.1. The van der Waals surface area contributed by atoms with Crippen LogP contribution in [-0.2, 0) is 6.42 Å². The third-order valence-corrected chi connectivity index (χ3v) is 5.90. The monoisotopic (exact) mass is 427 g/mol. The first-order chi connectivity index (χ1) is 15.8. The van der Waals surface area contributed by atoms with Gasteiger partial charge in [-0.15, -0.1) is 0 Å². The molecule has 1 aromatic heterocycles. The average molecular weight is 428 g/mol. The van der Waals surface area contributed by atoms with E-state index >= 15 is 0 Å². The topological polar surface area (TPSA) is 44.3 Å². The molecule has 0 amide bonds. The fraction of sp³-hybridized carbons (Fsp3) is 0.231. The largest absolute Gasteiger partial charge is 0.369 e. The lowest BCUT2D eigenvalue weighted by molar-refractivity contribution is 0.594. The predicted molar refractivity (Wildman–Crippen MR) is 129 cm³/mol. The minimum Gasteiger partial charge on any atom is -0.369 e. The Kier molecular flexibility index (Phi) is 5.83. The molecule has 5 rings (SSSR count). The van der Waals surface area contributed by atoms with Crippen molar-refractivity contribution in [3.63, 3.8) is 0 Å². The van der Waals surface area contributed by atoms with Crippen LogP contribution in [0.2, 0.25) is 0 Å². The minimum absolute atomic E-state index is 0.173. The number of benzene rings is 3. The van der Waals surface area contributed by atoms with Gasteiger partial charge in [0.25, 0.3) is 0 Å². The van der Waals surface area contributed by atoms with Gasteiger partial charge >= 0.3 is 0 Å². The van der Waals surface area contributed by atoms with Crippen molar-refractivity contribution in [3.8, 4) is 0 Å². The van der Waals surface area contributed by atoms with E-state index in [9.17, 15) is 4.39 Å². The van der Waals surface area contributed by atoms with Crippen LogP contribution in [0.15, 0.2) is 78.9 Å². The second-order valence-corrected chi connectivity index (χ2v) is 7.98. The lowest BCUT2D eigenvalue weighted by atomic mass is 10.1. The molecule has 6 heteroatoms. The highest BCUT2D eigenvalue weighted by molar-refractivity contribution is 5.90. The summed E-state index contributed by atoms with van der Waals surface area (Å²) in [6, 6.07) is 25.5. The maximum atomic E-state index is 14.2. The van der Waals surface area contributed by atoms with Crippen molar-refractivity contribution < 1.29 is 4.39 Å². The summed E-state index contributed by atoms with van der Waals surface area (Å²) in [5.74, 6) is 1.41. The number of piperazine rings is 1. The molecule has 1 N–H and O–H groups in total. The summed E-state index contributed by atoms with van der Waals surface area (Å²) in [5, 5.41) is 4.54. The first kappa shape index (κ1) is 20.2. The Balaban J connectivity index is 1.32. The van der Waals surface area contributed by atoms with E-state index in [0.717, 1.165) is 61.8 Å². The summed E-state index contributed by atoms with van der Waals surface area (Å²) in [6.07, 6.45) is 0.926. The smallest absolute Gasteiger partial charge is 0.228 e. The summed E-state index contributed by atoms with van der Waals surface area (Å²) in [7, 11) is 0. The first-order valence-electron chi connectivity index (χ1n) is 11.1. The van der Waals surface area contributed by atoms with E-state index in [1.807, 2.05) is 36.4 Å². The zero-order valence-electron chi connectivity index (χ0n) is 17.9. The molecule has 162 valence electrons. The highest BCUT2D eigenvalue weighted by Crippen LogP contribution is 2.26. The van der Waals surface area contributed by atoms with Gasteiger partial charge in [-0.3, -0.25) is 0 Å². The zero-order valence-corrected chi connectivity index (χ0v) is 17.9. The molecule has 0 unspecified atom stereocenters. The van der Waals surface area contributed by atoms with E-state index in [4.69, 9.17) is 9.97 Å². The Labute approximate surface area is 187 Å². The summed E-state index contributed by atoms with van der Waals surface area (Å²) >= 11 is 0. The van der Waals surface area contributed by atoms with Gasteiger partial charge in [-0.1, -0.05) is 54.6 Å². The summed E-state index contributed by atoms with van der Waals surface area (Å²) in [5.41, 5.74) is 2.88. The van der Waals surface area contributed by atoms with Gasteiger partial charge in [-0.25, -0.2) is 9.37 Å². The van der Waals surface area contributed by atoms with E-state index in [1.54, 1.807) is 6.07 Å². The molecule has 3 aromatic carbocycles. The lowest BCUT2D eigenvalue weighted by Gasteiger charge is -2.36. The number of anilines is 3. The lowest BCUT2D eigenvalue weighted by Crippen LogP contribution is -2.47. The second kappa shape index (κ2) is 9.22. The van der Waals surface area contributed by atoms with Crippen molar-refractivity contribution in [3.05, 3.63) is 90.2 Å². The van der Waals surface area contributed by atoms with E-state index in [1.165, 1.54) is 11.6 Å². The van der Waals surface area contributed by atoms with Crippen molar-refractivity contribution in [1.82, 2.24) is 9.97 Å². The number of rotatable bonds is 6. The number of hydrogen-bond acceptors (Lipinski definition) is 5. The molecule has 0 radical (unpaired) electrons. The normalized spacial score (nSPS) is 14.0. The Morgan fingerprint density at radius 2 is 1.44 bits per heavy atom.